The summed E-state index contributed by atoms with van der Waals surface area (Å²) < 4.78 is 6.14. The Bertz CT molecular complexity index is 467. The predicted molar refractivity (Wildman–Crippen MR) is 82.3 cm³/mol. The molecule has 1 aliphatic rings. The van der Waals surface area contributed by atoms with Crippen LogP contribution in [0.5, 0.6) is 0 Å². The van der Waals surface area contributed by atoms with Crippen molar-refractivity contribution in [3.05, 3.63) is 34.3 Å². The second-order valence-corrected chi connectivity index (χ2v) is 6.05. The summed E-state index contributed by atoms with van der Waals surface area (Å²) in [5.41, 5.74) is 7.42. The van der Waals surface area contributed by atoms with E-state index in [1.54, 1.807) is 7.11 Å². The fourth-order valence-electron chi connectivity index (χ4n) is 2.75. The summed E-state index contributed by atoms with van der Waals surface area (Å²) in [6, 6.07) is 7.94. The Morgan fingerprint density at radius 2 is 2.30 bits per heavy atom. The van der Waals surface area contributed by atoms with E-state index in [9.17, 15) is 4.79 Å². The molecule has 110 valence electrons. The van der Waals surface area contributed by atoms with Gasteiger partial charge in [0.2, 0.25) is 5.91 Å². The first-order chi connectivity index (χ1) is 9.63. The molecule has 1 fully saturated rings. The van der Waals surface area contributed by atoms with E-state index in [-0.39, 0.29) is 18.0 Å². The van der Waals surface area contributed by atoms with E-state index in [2.05, 4.69) is 15.9 Å². The van der Waals surface area contributed by atoms with Crippen molar-refractivity contribution in [1.82, 2.24) is 4.90 Å². The number of carbonyl (C=O) groups excluding carboxylic acids is 1. The van der Waals surface area contributed by atoms with Crippen LogP contribution in [0.15, 0.2) is 28.7 Å². The first kappa shape index (κ1) is 15.5. The SMILES string of the molecule is COCCN1C(=O)CCCC(N)C1c1cccc(Br)c1. The summed E-state index contributed by atoms with van der Waals surface area (Å²) in [5.74, 6) is 0.167. The van der Waals surface area contributed by atoms with Gasteiger partial charge in [0.05, 0.1) is 12.6 Å². The molecule has 1 aromatic carbocycles. The number of methoxy groups -OCH3 is 1. The molecule has 2 atom stereocenters. The predicted octanol–water partition coefficient (Wildman–Crippen LogP) is 2.48. The number of hydrogen-bond acceptors (Lipinski definition) is 3. The Kier molecular flexibility index (Phi) is 5.57. The lowest BCUT2D eigenvalue weighted by atomic mass is 9.96. The summed E-state index contributed by atoms with van der Waals surface area (Å²) in [6.45, 7) is 1.11. The maximum Gasteiger partial charge on any atom is 0.223 e. The van der Waals surface area contributed by atoms with E-state index in [1.165, 1.54) is 0 Å². The van der Waals surface area contributed by atoms with E-state index >= 15 is 0 Å². The third-order valence-corrected chi connectivity index (χ3v) is 4.21. The lowest BCUT2D eigenvalue weighted by molar-refractivity contribution is -0.134. The van der Waals surface area contributed by atoms with Gasteiger partial charge >= 0.3 is 0 Å². The molecule has 1 heterocycles. The van der Waals surface area contributed by atoms with Crippen LogP contribution in [0.4, 0.5) is 0 Å². The van der Waals surface area contributed by atoms with Crippen LogP contribution >= 0.6 is 15.9 Å². The number of likely N-dealkylation sites (tertiary alicyclic amines) is 1. The molecule has 0 radical (unpaired) electrons. The van der Waals surface area contributed by atoms with Crippen LogP contribution < -0.4 is 5.73 Å². The van der Waals surface area contributed by atoms with Gasteiger partial charge in [-0.2, -0.15) is 0 Å². The molecular weight excluding hydrogens is 320 g/mol. The third kappa shape index (κ3) is 3.59. The highest BCUT2D eigenvalue weighted by molar-refractivity contribution is 9.10. The second kappa shape index (κ2) is 7.20. The van der Waals surface area contributed by atoms with Gasteiger partial charge in [-0.15, -0.1) is 0 Å². The van der Waals surface area contributed by atoms with Gasteiger partial charge in [-0.1, -0.05) is 28.1 Å². The van der Waals surface area contributed by atoms with Crippen LogP contribution in [0.25, 0.3) is 0 Å². The number of amides is 1. The Labute approximate surface area is 128 Å². The topological polar surface area (TPSA) is 55.6 Å². The summed E-state index contributed by atoms with van der Waals surface area (Å²) in [5, 5.41) is 0. The van der Waals surface area contributed by atoms with Crippen molar-refractivity contribution in [3.63, 3.8) is 0 Å². The first-order valence-corrected chi connectivity index (χ1v) is 7.72. The van der Waals surface area contributed by atoms with Gasteiger partial charge in [0, 0.05) is 30.6 Å². The van der Waals surface area contributed by atoms with E-state index in [0.29, 0.717) is 19.6 Å². The molecule has 0 aromatic heterocycles. The van der Waals surface area contributed by atoms with Gasteiger partial charge < -0.3 is 15.4 Å². The molecule has 5 heteroatoms. The monoisotopic (exact) mass is 340 g/mol. The van der Waals surface area contributed by atoms with E-state index in [4.69, 9.17) is 10.5 Å². The van der Waals surface area contributed by atoms with Crippen molar-refractivity contribution in [2.45, 2.75) is 31.3 Å². The highest BCUT2D eigenvalue weighted by Crippen LogP contribution is 2.31. The summed E-state index contributed by atoms with van der Waals surface area (Å²) >= 11 is 3.49. The van der Waals surface area contributed by atoms with E-state index in [1.807, 2.05) is 29.2 Å². The van der Waals surface area contributed by atoms with Gasteiger partial charge in [0.25, 0.3) is 0 Å². The fourth-order valence-corrected chi connectivity index (χ4v) is 3.16. The average Bonchev–Trinajstić information content (AvgIpc) is 2.55. The molecule has 20 heavy (non-hydrogen) atoms. The maximum atomic E-state index is 12.3. The minimum Gasteiger partial charge on any atom is -0.383 e. The Hall–Kier alpha value is -0.910. The van der Waals surface area contributed by atoms with Crippen LogP contribution in [-0.4, -0.2) is 37.1 Å². The van der Waals surface area contributed by atoms with Gasteiger partial charge in [-0.05, 0) is 30.5 Å². The Morgan fingerprint density at radius 3 is 3.00 bits per heavy atom. The molecule has 0 saturated carbocycles. The van der Waals surface area contributed by atoms with Crippen LogP contribution in [0.1, 0.15) is 30.9 Å². The Morgan fingerprint density at radius 1 is 1.50 bits per heavy atom. The largest absolute Gasteiger partial charge is 0.383 e. The number of halogens is 1. The van der Waals surface area contributed by atoms with Crippen molar-refractivity contribution in [1.29, 1.82) is 0 Å². The second-order valence-electron chi connectivity index (χ2n) is 5.14. The smallest absolute Gasteiger partial charge is 0.223 e. The van der Waals surface area contributed by atoms with Crippen LogP contribution in [0.3, 0.4) is 0 Å². The first-order valence-electron chi connectivity index (χ1n) is 6.93. The van der Waals surface area contributed by atoms with Gasteiger partial charge in [0.1, 0.15) is 0 Å². The van der Waals surface area contributed by atoms with Crippen molar-refractivity contribution >= 4 is 21.8 Å². The van der Waals surface area contributed by atoms with Crippen LogP contribution in [0, 0.1) is 0 Å². The number of ether oxygens (including phenoxy) is 1. The van der Waals surface area contributed by atoms with Crippen molar-refractivity contribution in [2.24, 2.45) is 5.73 Å². The molecule has 0 spiro atoms. The van der Waals surface area contributed by atoms with Gasteiger partial charge in [-0.25, -0.2) is 0 Å². The molecule has 0 aliphatic carbocycles. The van der Waals surface area contributed by atoms with Gasteiger partial charge in [0.15, 0.2) is 0 Å². The maximum absolute atomic E-state index is 12.3. The minimum atomic E-state index is -0.0716. The molecule has 2 rings (SSSR count). The zero-order chi connectivity index (χ0) is 14.5. The third-order valence-electron chi connectivity index (χ3n) is 3.72. The molecule has 4 nitrogen and oxygen atoms in total. The number of carbonyl (C=O) groups is 1. The molecular formula is C15H21BrN2O2. The molecule has 1 saturated heterocycles. The molecule has 1 aromatic rings. The van der Waals surface area contributed by atoms with Crippen molar-refractivity contribution in [3.8, 4) is 0 Å². The van der Waals surface area contributed by atoms with Crippen molar-refractivity contribution in [2.75, 3.05) is 20.3 Å². The number of hydrogen-bond donors (Lipinski definition) is 1. The summed E-state index contributed by atoms with van der Waals surface area (Å²) in [4.78, 5) is 14.2. The van der Waals surface area contributed by atoms with Crippen LogP contribution in [0.2, 0.25) is 0 Å². The molecule has 2 N–H and O–H groups in total. The molecule has 2 unspecified atom stereocenters. The zero-order valence-electron chi connectivity index (χ0n) is 11.7. The number of nitrogens with zero attached hydrogens (tertiary/aromatic N) is 1. The lowest BCUT2D eigenvalue weighted by Crippen LogP contribution is -2.43. The zero-order valence-corrected chi connectivity index (χ0v) is 13.3. The normalized spacial score (nSPS) is 23.8. The number of rotatable bonds is 4. The van der Waals surface area contributed by atoms with E-state index < -0.39 is 0 Å². The molecule has 1 aliphatic heterocycles. The molecule has 1 amide bonds. The summed E-state index contributed by atoms with van der Waals surface area (Å²) in [6.07, 6.45) is 2.29. The van der Waals surface area contributed by atoms with Crippen molar-refractivity contribution < 1.29 is 9.53 Å². The number of nitrogens with two attached hydrogens (primary N) is 1. The minimum absolute atomic E-state index is 0.0346. The lowest BCUT2D eigenvalue weighted by Gasteiger charge is -2.34. The standard InChI is InChI=1S/C15H21BrN2O2/c1-20-9-8-18-14(19)7-3-6-13(17)15(18)11-4-2-5-12(16)10-11/h2,4-5,10,13,15H,3,6-9,17H2,1H3. The van der Waals surface area contributed by atoms with Crippen LogP contribution in [-0.2, 0) is 9.53 Å². The highest BCUT2D eigenvalue weighted by atomic mass is 79.9. The number of benzene rings is 1. The highest BCUT2D eigenvalue weighted by Gasteiger charge is 2.32. The molecule has 0 bridgehead atoms. The quantitative estimate of drug-likeness (QED) is 0.915. The summed E-state index contributed by atoms with van der Waals surface area (Å²) in [7, 11) is 1.65. The van der Waals surface area contributed by atoms with Gasteiger partial charge in [-0.3, -0.25) is 4.79 Å². The van der Waals surface area contributed by atoms with E-state index in [0.717, 1.165) is 22.9 Å². The fraction of sp³-hybridized carbons (Fsp3) is 0.533. The average molecular weight is 341 g/mol. The Balaban J connectivity index is 2.32.